The molecule has 0 bridgehead atoms. The van der Waals surface area contributed by atoms with Crippen molar-refractivity contribution in [2.24, 2.45) is 17.8 Å². The van der Waals surface area contributed by atoms with E-state index in [0.717, 1.165) is 16.8 Å². The number of aromatic nitrogens is 1. The topological polar surface area (TPSA) is 157 Å². The Morgan fingerprint density at radius 3 is 2.64 bits per heavy atom. The highest BCUT2D eigenvalue weighted by Gasteiger charge is 2.57. The number of fused-ring (bicyclic) bond motifs is 3. The van der Waals surface area contributed by atoms with E-state index < -0.39 is 36.9 Å². The van der Waals surface area contributed by atoms with Gasteiger partial charge in [0.15, 0.2) is 0 Å². The molecule has 0 spiro atoms. The van der Waals surface area contributed by atoms with Gasteiger partial charge in [0.1, 0.15) is 5.75 Å². The summed E-state index contributed by atoms with van der Waals surface area (Å²) < 4.78 is 6.03. The number of pyridine rings is 1. The van der Waals surface area contributed by atoms with Crippen LogP contribution in [0.3, 0.4) is 0 Å². The summed E-state index contributed by atoms with van der Waals surface area (Å²) in [6, 6.07) is 10.3. The van der Waals surface area contributed by atoms with E-state index in [9.17, 15) is 29.6 Å². The van der Waals surface area contributed by atoms with Crippen LogP contribution in [-0.4, -0.2) is 74.4 Å². The molecule has 12 heteroatoms. The lowest BCUT2D eigenvalue weighted by Gasteiger charge is -2.43. The third-order valence-corrected chi connectivity index (χ3v) is 9.17. The second kappa shape index (κ2) is 14.1. The zero-order valence-electron chi connectivity index (χ0n) is 24.3. The van der Waals surface area contributed by atoms with Gasteiger partial charge in [0.2, 0.25) is 11.8 Å². The molecule has 1 aromatic heterocycles. The van der Waals surface area contributed by atoms with Gasteiger partial charge in [0, 0.05) is 19.2 Å². The molecule has 1 aromatic carbocycles. The molecule has 0 saturated carbocycles. The highest BCUT2D eigenvalue weighted by molar-refractivity contribution is 6.43. The number of carbonyl (C=O) groups excluding carboxylic acids is 2. The maximum absolute atomic E-state index is 13.7. The van der Waals surface area contributed by atoms with Crippen LogP contribution in [0.5, 0.6) is 5.75 Å². The predicted molar refractivity (Wildman–Crippen MR) is 164 cm³/mol. The monoisotopic (exact) mass is 622 g/mol. The molecule has 2 aliphatic heterocycles. The number of aromatic hydroxyl groups is 1. The summed E-state index contributed by atoms with van der Waals surface area (Å²) >= 11 is 6.40. The van der Waals surface area contributed by atoms with E-state index in [0.29, 0.717) is 48.3 Å². The van der Waals surface area contributed by atoms with E-state index in [1.165, 1.54) is 11.0 Å². The van der Waals surface area contributed by atoms with Crippen LogP contribution in [-0.2, 0) is 19.0 Å². The number of benzene rings is 1. The molecular formula is C32H36BClN2O8. The number of aliphatic hydroxyl groups excluding tert-OH is 1. The second-order valence-corrected chi connectivity index (χ2v) is 12.0. The van der Waals surface area contributed by atoms with E-state index in [1.807, 2.05) is 24.3 Å². The number of halogens is 1. The molecule has 3 aliphatic rings. The van der Waals surface area contributed by atoms with Crippen LogP contribution >= 0.6 is 11.6 Å². The van der Waals surface area contributed by atoms with Crippen molar-refractivity contribution in [3.8, 4) is 5.75 Å². The molecule has 3 heterocycles. The largest absolute Gasteiger partial charge is 0.508 e. The number of phenolic OH excluding ortho intramolecular Hbond substituents is 1. The summed E-state index contributed by atoms with van der Waals surface area (Å²) in [5.41, 5.74) is 3.72. The van der Waals surface area contributed by atoms with Crippen LogP contribution in [0.4, 0.5) is 0 Å². The fraction of sp³-hybridized carbons (Fsp3) is 0.438. The van der Waals surface area contributed by atoms with Crippen molar-refractivity contribution in [2.75, 3.05) is 13.2 Å². The van der Waals surface area contributed by atoms with Gasteiger partial charge in [-0.15, -0.1) is 0 Å². The molecule has 2 fully saturated rings. The number of aliphatic carboxylic acids is 1. The maximum atomic E-state index is 13.7. The Morgan fingerprint density at radius 1 is 1.11 bits per heavy atom. The lowest BCUT2D eigenvalue weighted by molar-refractivity contribution is -0.141. The van der Waals surface area contributed by atoms with Crippen LogP contribution < -0.4 is 0 Å². The summed E-state index contributed by atoms with van der Waals surface area (Å²) in [6.07, 6.45) is 5.88. The summed E-state index contributed by atoms with van der Waals surface area (Å²) in [5, 5.41) is 40.3. The van der Waals surface area contributed by atoms with Crippen LogP contribution in [0, 0.1) is 17.8 Å². The standard InChI is InChI=1S/C32H36BClN2O8/c34-25-16-22(38)10-8-19(25)14-20(26-6-3-4-12-35-26)9-11-27-29-21(18-37)15-23-30(24(29)17-33(43)44-27)32(42)36(31(23)41)13-5-1-2-7-28(39)40/h3-4,6,8,10,12,14,16,23-24,27,30,37-38,43H,1-2,5,7,9,11,13,15,17-18H2,(H,39,40)/b20-14-/t23-,24+,27-,30-/m1/s1. The number of imide groups is 1. The van der Waals surface area contributed by atoms with Gasteiger partial charge in [-0.1, -0.05) is 24.1 Å². The Labute approximate surface area is 261 Å². The first-order valence-electron chi connectivity index (χ1n) is 15.0. The normalized spacial score (nSPS) is 23.7. The smallest absolute Gasteiger partial charge is 0.455 e. The number of carboxylic acid groups (broad SMARTS) is 1. The van der Waals surface area contributed by atoms with Crippen LogP contribution in [0.1, 0.15) is 56.2 Å². The lowest BCUT2D eigenvalue weighted by Crippen LogP contribution is -2.46. The summed E-state index contributed by atoms with van der Waals surface area (Å²) in [4.78, 5) is 43.6. The van der Waals surface area contributed by atoms with E-state index in [2.05, 4.69) is 4.98 Å². The molecule has 1 aliphatic carbocycles. The highest BCUT2D eigenvalue weighted by atomic mass is 35.5. The van der Waals surface area contributed by atoms with Gasteiger partial charge in [-0.25, -0.2) is 0 Å². The van der Waals surface area contributed by atoms with Crippen LogP contribution in [0.25, 0.3) is 11.6 Å². The number of carbonyl (C=O) groups is 3. The van der Waals surface area contributed by atoms with Crippen molar-refractivity contribution in [3.05, 3.63) is 70.0 Å². The summed E-state index contributed by atoms with van der Waals surface area (Å²) in [7, 11) is -1.14. The molecule has 2 saturated heterocycles. The number of rotatable bonds is 12. The van der Waals surface area contributed by atoms with Gasteiger partial charge in [-0.3, -0.25) is 24.3 Å². The summed E-state index contributed by atoms with van der Waals surface area (Å²) in [5.74, 6) is -3.07. The first kappa shape index (κ1) is 31.9. The molecule has 232 valence electrons. The molecule has 2 amide bonds. The number of aliphatic hydroxyl groups is 1. The molecule has 4 N–H and O–H groups in total. The first-order chi connectivity index (χ1) is 21.2. The molecule has 4 atom stereocenters. The number of nitrogens with zero attached hydrogens (tertiary/aromatic N) is 2. The number of hydrogen-bond acceptors (Lipinski definition) is 8. The first-order valence-corrected chi connectivity index (χ1v) is 15.4. The minimum Gasteiger partial charge on any atom is -0.508 e. The van der Waals surface area contributed by atoms with Gasteiger partial charge in [-0.2, -0.15) is 0 Å². The molecule has 44 heavy (non-hydrogen) atoms. The minimum absolute atomic E-state index is 0.0425. The number of likely N-dealkylation sites (tertiary alicyclic amines) is 1. The Kier molecular flexibility index (Phi) is 10.2. The minimum atomic E-state index is -1.14. The van der Waals surface area contributed by atoms with Crippen molar-refractivity contribution >= 4 is 48.2 Å². The van der Waals surface area contributed by atoms with Crippen LogP contribution in [0.15, 0.2) is 53.7 Å². The van der Waals surface area contributed by atoms with Crippen LogP contribution in [0.2, 0.25) is 11.3 Å². The molecule has 2 aromatic rings. The number of carboxylic acids is 1. The highest BCUT2D eigenvalue weighted by Crippen LogP contribution is 2.50. The van der Waals surface area contributed by atoms with Gasteiger partial charge < -0.3 is 25.0 Å². The Balaban J connectivity index is 1.38. The number of unbranched alkanes of at least 4 members (excludes halogenated alkanes) is 2. The van der Waals surface area contributed by atoms with Gasteiger partial charge in [-0.05, 0) is 103 Å². The fourth-order valence-electron chi connectivity index (χ4n) is 6.85. The van der Waals surface area contributed by atoms with Crippen molar-refractivity contribution in [1.29, 1.82) is 0 Å². The Bertz CT molecular complexity index is 1470. The van der Waals surface area contributed by atoms with E-state index in [4.69, 9.17) is 21.4 Å². The maximum Gasteiger partial charge on any atom is 0.455 e. The zero-order chi connectivity index (χ0) is 31.4. The molecule has 5 rings (SSSR count). The number of allylic oxidation sites excluding steroid dienone is 1. The van der Waals surface area contributed by atoms with E-state index in [1.54, 1.807) is 18.3 Å². The molecule has 10 nitrogen and oxygen atoms in total. The second-order valence-electron chi connectivity index (χ2n) is 11.6. The van der Waals surface area contributed by atoms with Crippen molar-refractivity contribution in [1.82, 2.24) is 9.88 Å². The average molecular weight is 623 g/mol. The SMILES string of the molecule is O=C(O)CCCCCN1C(=O)[C@@H]2[C@@H](CC(CO)=C3[C@@H](CC/C(=C/c4ccc(O)cc4Cl)c4ccccn4)OB(O)C[C@@H]32)C1=O. The molecule has 0 radical (unpaired) electrons. The quantitative estimate of drug-likeness (QED) is 0.118. The number of amides is 2. The third-order valence-electron chi connectivity index (χ3n) is 8.85. The Hall–Kier alpha value is -3.51. The molecular weight excluding hydrogens is 587 g/mol. The fourth-order valence-corrected chi connectivity index (χ4v) is 7.08. The van der Waals surface area contributed by atoms with Crippen molar-refractivity contribution < 1.29 is 39.4 Å². The van der Waals surface area contributed by atoms with Gasteiger partial charge in [0.25, 0.3) is 0 Å². The Morgan fingerprint density at radius 2 is 1.93 bits per heavy atom. The van der Waals surface area contributed by atoms with Crippen molar-refractivity contribution in [3.63, 3.8) is 0 Å². The van der Waals surface area contributed by atoms with Crippen molar-refractivity contribution in [2.45, 2.75) is 57.4 Å². The average Bonchev–Trinajstić information content (AvgIpc) is 3.24. The number of hydrogen-bond donors (Lipinski definition) is 4. The lowest BCUT2D eigenvalue weighted by atomic mass is 9.58. The van der Waals surface area contributed by atoms with E-state index >= 15 is 0 Å². The summed E-state index contributed by atoms with van der Waals surface area (Å²) in [6.45, 7) is -0.0605. The van der Waals surface area contributed by atoms with Gasteiger partial charge >= 0.3 is 13.1 Å². The predicted octanol–water partition coefficient (Wildman–Crippen LogP) is 4.20. The molecule has 0 unspecified atom stereocenters. The third kappa shape index (κ3) is 6.91. The number of phenols is 1. The zero-order valence-corrected chi connectivity index (χ0v) is 25.0. The van der Waals surface area contributed by atoms with Gasteiger partial charge in [0.05, 0.1) is 35.3 Å². The van der Waals surface area contributed by atoms with E-state index in [-0.39, 0.29) is 49.9 Å².